The van der Waals surface area contributed by atoms with Crippen LogP contribution in [0.4, 0.5) is 27.6 Å². The van der Waals surface area contributed by atoms with Crippen LogP contribution in [-0.2, 0) is 33.3 Å². The summed E-state index contributed by atoms with van der Waals surface area (Å²) in [4.78, 5) is 24.4. The van der Waals surface area contributed by atoms with Crippen molar-refractivity contribution in [1.82, 2.24) is 4.31 Å². The van der Waals surface area contributed by atoms with Gasteiger partial charge in [-0.2, -0.15) is 4.31 Å². The third-order valence-corrected chi connectivity index (χ3v) is 9.30. The van der Waals surface area contributed by atoms with Crippen molar-refractivity contribution in [1.29, 1.82) is 0 Å². The Bertz CT molecular complexity index is 1890. The molecule has 0 saturated carbocycles. The van der Waals surface area contributed by atoms with E-state index in [2.05, 4.69) is 0 Å². The number of rotatable bonds is 10. The van der Waals surface area contributed by atoms with E-state index in [-0.39, 0.29) is 38.1 Å². The Hall–Kier alpha value is -4.33. The smallest absolute Gasteiger partial charge is 0.335 e. The number of anilines is 1. The third kappa shape index (κ3) is 7.80. The van der Waals surface area contributed by atoms with Crippen LogP contribution in [-0.4, -0.2) is 36.3 Å². The Morgan fingerprint density at radius 3 is 1.68 bits per heavy atom. The molecule has 4 aromatic carbocycles. The first-order chi connectivity index (χ1) is 21.9. The van der Waals surface area contributed by atoms with Crippen molar-refractivity contribution in [2.45, 2.75) is 44.2 Å². The number of hydrogen-bond acceptors (Lipinski definition) is 4. The van der Waals surface area contributed by atoms with Crippen LogP contribution in [0.5, 0.6) is 0 Å². The molecule has 0 spiro atoms. The third-order valence-electron chi connectivity index (χ3n) is 7.24. The van der Waals surface area contributed by atoms with Crippen molar-refractivity contribution in [3.05, 3.63) is 129 Å². The molecule has 0 unspecified atom stereocenters. The Kier molecular flexibility index (Phi) is 10.4. The molecule has 4 aromatic rings. The number of carboxylic acids is 1. The van der Waals surface area contributed by atoms with Crippen LogP contribution in [0.2, 0.25) is 5.02 Å². The molecule has 0 aliphatic rings. The van der Waals surface area contributed by atoms with Crippen LogP contribution in [0.1, 0.15) is 47.8 Å². The van der Waals surface area contributed by atoms with Gasteiger partial charge in [0.25, 0.3) is 0 Å². The van der Waals surface area contributed by atoms with Crippen molar-refractivity contribution in [2.24, 2.45) is 0 Å². The zero-order valence-corrected chi connectivity index (χ0v) is 26.8. The van der Waals surface area contributed by atoms with Crippen LogP contribution in [0.15, 0.2) is 77.7 Å². The number of carbonyl (C=O) groups is 2. The van der Waals surface area contributed by atoms with Crippen molar-refractivity contribution >= 4 is 39.2 Å². The van der Waals surface area contributed by atoms with Gasteiger partial charge in [-0.3, -0.25) is 4.79 Å². The van der Waals surface area contributed by atoms with Crippen LogP contribution in [0, 0.1) is 29.1 Å². The average molecular weight is 695 g/mol. The normalized spacial score (nSPS) is 12.0. The van der Waals surface area contributed by atoms with E-state index in [0.717, 1.165) is 10.5 Å². The van der Waals surface area contributed by atoms with E-state index in [1.165, 1.54) is 48.5 Å². The lowest BCUT2D eigenvalue weighted by molar-refractivity contribution is -0.119. The second-order valence-electron chi connectivity index (χ2n) is 11.6. The Balaban J connectivity index is 1.81. The highest BCUT2D eigenvalue weighted by Crippen LogP contribution is 2.31. The Labute approximate surface area is 272 Å². The minimum Gasteiger partial charge on any atom is -0.478 e. The molecule has 0 aliphatic heterocycles. The number of halogens is 6. The number of nitrogens with zero attached hydrogens (tertiary/aromatic N) is 2. The van der Waals surface area contributed by atoms with Gasteiger partial charge in [-0.1, -0.05) is 68.8 Å². The van der Waals surface area contributed by atoms with Gasteiger partial charge in [0, 0.05) is 17.3 Å². The molecule has 0 aliphatic carbocycles. The summed E-state index contributed by atoms with van der Waals surface area (Å²) >= 11 is 5.91. The molecule has 0 saturated heterocycles. The first-order valence-corrected chi connectivity index (χ1v) is 15.7. The molecule has 0 aromatic heterocycles. The summed E-state index contributed by atoms with van der Waals surface area (Å²) in [6.07, 6.45) is 0. The average Bonchev–Trinajstić information content (AvgIpc) is 3.02. The summed E-state index contributed by atoms with van der Waals surface area (Å²) in [5.74, 6) is -14.9. The van der Waals surface area contributed by atoms with Crippen molar-refractivity contribution < 1.29 is 45.1 Å². The molecule has 4 rings (SSSR count). The van der Waals surface area contributed by atoms with Gasteiger partial charge in [0.05, 0.1) is 18.7 Å². The maximum atomic E-state index is 14.8. The fraction of sp³-hybridized carbons (Fsp3) is 0.212. The summed E-state index contributed by atoms with van der Waals surface area (Å²) in [5.41, 5.74) is 1.58. The van der Waals surface area contributed by atoms with Crippen molar-refractivity contribution in [3.8, 4) is 0 Å². The monoisotopic (exact) mass is 694 g/mol. The first kappa shape index (κ1) is 35.5. The Morgan fingerprint density at radius 1 is 0.723 bits per heavy atom. The molecule has 47 heavy (non-hydrogen) atoms. The number of aromatic carboxylic acids is 1. The van der Waals surface area contributed by atoms with Crippen LogP contribution < -0.4 is 4.90 Å². The number of benzene rings is 4. The van der Waals surface area contributed by atoms with E-state index in [0.29, 0.717) is 5.56 Å². The van der Waals surface area contributed by atoms with Gasteiger partial charge in [0.2, 0.25) is 21.7 Å². The number of sulfonamides is 1. The largest absolute Gasteiger partial charge is 0.478 e. The van der Waals surface area contributed by atoms with Crippen LogP contribution >= 0.6 is 11.6 Å². The van der Waals surface area contributed by atoms with E-state index in [9.17, 15) is 45.1 Å². The molecule has 1 amide bonds. The van der Waals surface area contributed by atoms with E-state index in [1.54, 1.807) is 12.1 Å². The molecule has 0 radical (unpaired) electrons. The summed E-state index contributed by atoms with van der Waals surface area (Å²) in [6, 6.07) is 17.7. The van der Waals surface area contributed by atoms with Gasteiger partial charge >= 0.3 is 5.97 Å². The lowest BCUT2D eigenvalue weighted by Crippen LogP contribution is -2.43. The first-order valence-electron chi connectivity index (χ1n) is 13.9. The zero-order chi connectivity index (χ0) is 34.8. The molecule has 0 atom stereocenters. The second kappa shape index (κ2) is 13.8. The maximum Gasteiger partial charge on any atom is 0.335 e. The lowest BCUT2D eigenvalue weighted by Gasteiger charge is -2.28. The summed E-state index contributed by atoms with van der Waals surface area (Å²) in [6.45, 7) is 4.00. The van der Waals surface area contributed by atoms with Crippen molar-refractivity contribution in [2.75, 3.05) is 11.4 Å². The summed E-state index contributed by atoms with van der Waals surface area (Å²) in [7, 11) is -5.58. The number of carboxylic acid groups (broad SMARTS) is 1. The SMILES string of the molecule is CC(C)(C)c1ccc(CN(C(=O)CN(Cc2ccc(Cl)cc2)S(=O)(=O)c2c(F)c(F)c(F)c(F)c2F)c2ccc(C(=O)O)cc2)cc1. The second-order valence-corrected chi connectivity index (χ2v) is 13.9. The van der Waals surface area contributed by atoms with E-state index >= 15 is 0 Å². The molecule has 0 fully saturated rings. The highest BCUT2D eigenvalue weighted by atomic mass is 35.5. The van der Waals surface area contributed by atoms with Crippen molar-refractivity contribution in [3.63, 3.8) is 0 Å². The Morgan fingerprint density at radius 2 is 1.19 bits per heavy atom. The number of amides is 1. The van der Waals surface area contributed by atoms with E-state index in [4.69, 9.17) is 11.6 Å². The molecule has 0 heterocycles. The van der Waals surface area contributed by atoms with E-state index in [1.807, 2.05) is 32.9 Å². The molecule has 0 bridgehead atoms. The minimum absolute atomic E-state index is 0.103. The number of hydrogen-bond donors (Lipinski definition) is 1. The predicted octanol–water partition coefficient (Wildman–Crippen LogP) is 7.46. The summed E-state index contributed by atoms with van der Waals surface area (Å²) < 4.78 is 99.4. The lowest BCUT2D eigenvalue weighted by atomic mass is 9.87. The minimum atomic E-state index is -5.58. The van der Waals surface area contributed by atoms with Gasteiger partial charge in [-0.05, 0) is 58.5 Å². The van der Waals surface area contributed by atoms with E-state index < -0.39 is 69.0 Å². The zero-order valence-electron chi connectivity index (χ0n) is 25.2. The quantitative estimate of drug-likeness (QED) is 0.106. The maximum absolute atomic E-state index is 14.8. The topological polar surface area (TPSA) is 95.0 Å². The molecule has 7 nitrogen and oxygen atoms in total. The van der Waals surface area contributed by atoms with Gasteiger partial charge < -0.3 is 10.0 Å². The standard InChI is InChI=1S/C33H28ClF5N2O5S/c1-33(2,3)22-10-4-20(5-11-22)17-41(24-14-8-21(9-15-24)32(43)44)25(42)18-40(16-19-6-12-23(34)13-7-19)47(45,46)31-29(38)27(36)26(35)28(37)30(31)39/h4-15H,16-18H2,1-3H3,(H,43,44). The fourth-order valence-electron chi connectivity index (χ4n) is 4.60. The van der Waals surface area contributed by atoms with Gasteiger partial charge in [0.1, 0.15) is 0 Å². The van der Waals surface area contributed by atoms with Crippen LogP contribution in [0.3, 0.4) is 0 Å². The molecular formula is C33H28ClF5N2O5S. The van der Waals surface area contributed by atoms with Crippen LogP contribution in [0.25, 0.3) is 0 Å². The molecule has 248 valence electrons. The molecular weight excluding hydrogens is 667 g/mol. The van der Waals surface area contributed by atoms with Gasteiger partial charge in [-0.25, -0.2) is 35.2 Å². The highest BCUT2D eigenvalue weighted by molar-refractivity contribution is 7.89. The van der Waals surface area contributed by atoms with Gasteiger partial charge in [0.15, 0.2) is 28.2 Å². The van der Waals surface area contributed by atoms with Gasteiger partial charge in [-0.15, -0.1) is 0 Å². The molecule has 1 N–H and O–H groups in total. The summed E-state index contributed by atoms with van der Waals surface area (Å²) in [5, 5.41) is 9.58. The fourth-order valence-corrected chi connectivity index (χ4v) is 6.21. The molecule has 14 heteroatoms. The number of carbonyl (C=O) groups excluding carboxylic acids is 1. The highest BCUT2D eigenvalue weighted by Gasteiger charge is 2.38. The predicted molar refractivity (Wildman–Crippen MR) is 165 cm³/mol.